The van der Waals surface area contributed by atoms with E-state index in [1.165, 1.54) is 18.6 Å². The molecule has 68 heavy (non-hydrogen) atoms. The summed E-state index contributed by atoms with van der Waals surface area (Å²) in [5, 5.41) is 12.5. The fourth-order valence-electron chi connectivity index (χ4n) is 9.69. The normalized spacial score (nSPS) is 18.4. The maximum absolute atomic E-state index is 13.2. The van der Waals surface area contributed by atoms with Gasteiger partial charge in [-0.1, -0.05) is 24.6 Å². The molecule has 3 aromatic carbocycles. The number of nitrogens with zero attached hydrogens (tertiary/aromatic N) is 7. The number of carbonyl (C=O) groups excluding carboxylic acids is 3. The van der Waals surface area contributed by atoms with Gasteiger partial charge in [0.2, 0.25) is 27.8 Å². The molecule has 1 unspecified atom stereocenters. The molecule has 4 aliphatic rings. The monoisotopic (exact) mass is 966 g/mol. The van der Waals surface area contributed by atoms with E-state index in [1.54, 1.807) is 30.2 Å². The highest BCUT2D eigenvalue weighted by Crippen LogP contribution is 2.39. The zero-order chi connectivity index (χ0) is 47.5. The first-order chi connectivity index (χ1) is 32.8. The summed E-state index contributed by atoms with van der Waals surface area (Å²) in [6, 6.07) is 13.0. The first kappa shape index (κ1) is 46.7. The van der Waals surface area contributed by atoms with Gasteiger partial charge in [0.05, 0.1) is 54.9 Å². The highest BCUT2D eigenvalue weighted by molar-refractivity contribution is 7.92. The Morgan fingerprint density at radius 1 is 0.912 bits per heavy atom. The van der Waals surface area contributed by atoms with E-state index in [9.17, 15) is 22.8 Å². The molecule has 0 bridgehead atoms. The Kier molecular flexibility index (Phi) is 13.8. The lowest BCUT2D eigenvalue weighted by atomic mass is 9.97. The maximum atomic E-state index is 13.2. The Bertz CT molecular complexity index is 2840. The lowest BCUT2D eigenvalue weighted by Crippen LogP contribution is -2.52. The quantitative estimate of drug-likeness (QED) is 0.0580. The van der Waals surface area contributed by atoms with E-state index in [0.29, 0.717) is 65.9 Å². The number of likely N-dealkylation sites (tertiary alicyclic amines) is 1. The van der Waals surface area contributed by atoms with Crippen molar-refractivity contribution in [1.29, 1.82) is 0 Å². The van der Waals surface area contributed by atoms with Crippen LogP contribution in [0.5, 0.6) is 5.75 Å². The summed E-state index contributed by atoms with van der Waals surface area (Å²) in [6.07, 6.45) is 11.1. The molecule has 0 radical (unpaired) electrons. The molecule has 3 amide bonds. The van der Waals surface area contributed by atoms with Gasteiger partial charge >= 0.3 is 0 Å². The first-order valence-corrected chi connectivity index (χ1v) is 25.2. The van der Waals surface area contributed by atoms with Crippen molar-refractivity contribution in [3.63, 3.8) is 0 Å². The molecule has 9 rings (SSSR count). The number of rotatable bonds is 16. The number of imide groups is 1. The number of halogens is 1. The van der Waals surface area contributed by atoms with Crippen molar-refractivity contribution in [3.05, 3.63) is 82.8 Å². The average Bonchev–Trinajstić information content (AvgIpc) is 3.67. The maximum Gasteiger partial charge on any atom is 0.255 e. The highest BCUT2D eigenvalue weighted by atomic mass is 35.5. The lowest BCUT2D eigenvalue weighted by molar-refractivity contribution is -0.136. The number of ether oxygens (including phenoxy) is 2. The fraction of sp³-hybridized carbons (Fsp3) is 0.426. The van der Waals surface area contributed by atoms with Crippen LogP contribution in [0.15, 0.2) is 61.1 Å². The molecule has 0 aliphatic carbocycles. The number of methoxy groups -OCH3 is 1. The van der Waals surface area contributed by atoms with E-state index in [4.69, 9.17) is 21.1 Å². The van der Waals surface area contributed by atoms with Crippen molar-refractivity contribution in [2.45, 2.75) is 76.6 Å². The first-order valence-electron chi connectivity index (χ1n) is 23.0. The van der Waals surface area contributed by atoms with Crippen molar-refractivity contribution in [2.75, 3.05) is 78.3 Å². The fourth-order valence-corrected chi connectivity index (χ4v) is 10.4. The zero-order valence-electron chi connectivity index (χ0n) is 38.2. The third kappa shape index (κ3) is 10.2. The number of fused-ring (bicyclic) bond motifs is 2. The second kappa shape index (κ2) is 20.1. The number of hydrogen-bond donors (Lipinski definition) is 5. The molecule has 358 valence electrons. The van der Waals surface area contributed by atoms with E-state index in [2.05, 4.69) is 74.8 Å². The smallest absolute Gasteiger partial charge is 0.255 e. The number of piperidine rings is 3. The second-order valence-electron chi connectivity index (χ2n) is 17.4. The van der Waals surface area contributed by atoms with Gasteiger partial charge in [0.1, 0.15) is 22.3 Å². The molecule has 6 heterocycles. The number of sulfonamides is 1. The number of aryl methyl sites for hydroxylation is 1. The van der Waals surface area contributed by atoms with Crippen LogP contribution in [-0.4, -0.2) is 127 Å². The van der Waals surface area contributed by atoms with Crippen LogP contribution in [0, 0.1) is 0 Å². The molecular weight excluding hydrogens is 912 g/mol. The largest absolute Gasteiger partial charge is 0.494 e. The van der Waals surface area contributed by atoms with Gasteiger partial charge in [0.15, 0.2) is 5.82 Å². The third-order valence-electron chi connectivity index (χ3n) is 13.1. The Morgan fingerprint density at radius 3 is 2.46 bits per heavy atom. The molecule has 0 saturated carbocycles. The van der Waals surface area contributed by atoms with E-state index in [0.717, 1.165) is 87.0 Å². The summed E-state index contributed by atoms with van der Waals surface area (Å²) in [5.74, 6) is 0.242. The van der Waals surface area contributed by atoms with E-state index in [1.807, 2.05) is 12.1 Å². The summed E-state index contributed by atoms with van der Waals surface area (Å²) < 4.78 is 39.5. The number of amides is 3. The Balaban J connectivity index is 0.764. The minimum absolute atomic E-state index is 0.183. The van der Waals surface area contributed by atoms with Gasteiger partial charge in [-0.2, -0.15) is 4.98 Å². The lowest BCUT2D eigenvalue weighted by Gasteiger charge is -2.42. The van der Waals surface area contributed by atoms with Crippen molar-refractivity contribution in [3.8, 4) is 5.75 Å². The number of carbonyl (C=O) groups is 3. The second-order valence-corrected chi connectivity index (χ2v) is 19.6. The predicted octanol–water partition coefficient (Wildman–Crippen LogP) is 5.83. The van der Waals surface area contributed by atoms with E-state index >= 15 is 0 Å². The molecule has 21 heteroatoms. The topological polar surface area (TPSA) is 225 Å². The number of hydrogen-bond acceptors (Lipinski definition) is 16. The van der Waals surface area contributed by atoms with Gasteiger partial charge in [-0.05, 0) is 74.4 Å². The molecule has 5 aromatic rings. The van der Waals surface area contributed by atoms with Crippen LogP contribution in [0.1, 0.15) is 66.9 Å². The van der Waals surface area contributed by atoms with Gasteiger partial charge in [0.25, 0.3) is 5.91 Å². The molecular formula is C47H55ClN12O7S. The summed E-state index contributed by atoms with van der Waals surface area (Å²) in [4.78, 5) is 61.8. The number of aromatic nitrogens is 4. The molecule has 1 atom stereocenters. The molecule has 3 saturated heterocycles. The van der Waals surface area contributed by atoms with E-state index < -0.39 is 22.0 Å². The standard InChI is InChI=1S/C47H55ClN12O7S/c1-4-28-24-37(54-47-52-26-33(48)44(56-47)53-36-9-8-35-42(51-17-16-49-35)43(36)57-68(3,64)65)40(66-2)25-39(28)59-19-12-29(13-20-59)58-21-14-30(15-22-58)67-23-18-50-34-7-5-6-31-32(34)27-60(46(31)63)38-10-11-41(61)55-45(38)62/h5-9,16-17,24-26,29-30,38,50,57H,4,10-15,18-23,27H2,1-3H3,(H,55,61,62)(H2,52,53,54,56). The SMILES string of the molecule is CCc1cc(Nc2ncc(Cl)c(Nc3ccc4nccnc4c3NS(C)(=O)=O)n2)c(OC)cc1N1CCC(N2CCC(OCCNc3cccc4c3CN(C3CCC(=O)NC3=O)C4=O)CC2)CC1. The Morgan fingerprint density at radius 2 is 1.71 bits per heavy atom. The molecule has 5 N–H and O–H groups in total. The van der Waals surface area contributed by atoms with Crippen molar-refractivity contribution >= 4 is 90.6 Å². The average molecular weight is 968 g/mol. The van der Waals surface area contributed by atoms with Crippen LogP contribution in [0.25, 0.3) is 11.0 Å². The van der Waals surface area contributed by atoms with Crippen LogP contribution in [-0.2, 0) is 37.3 Å². The van der Waals surface area contributed by atoms with Crippen LogP contribution in [0.4, 0.5) is 40.2 Å². The predicted molar refractivity (Wildman–Crippen MR) is 261 cm³/mol. The van der Waals surface area contributed by atoms with Crippen LogP contribution in [0.2, 0.25) is 5.02 Å². The van der Waals surface area contributed by atoms with Crippen LogP contribution < -0.4 is 35.6 Å². The van der Waals surface area contributed by atoms with Gasteiger partial charge in [-0.15, -0.1) is 0 Å². The summed E-state index contributed by atoms with van der Waals surface area (Å²) in [5.41, 5.74) is 6.76. The van der Waals surface area contributed by atoms with Crippen LogP contribution >= 0.6 is 11.6 Å². The molecule has 3 fully saturated rings. The van der Waals surface area contributed by atoms with Crippen molar-refractivity contribution in [1.82, 2.24) is 35.1 Å². The van der Waals surface area contributed by atoms with Gasteiger partial charge < -0.3 is 40.1 Å². The van der Waals surface area contributed by atoms with Gasteiger partial charge in [-0.3, -0.25) is 34.4 Å². The molecule has 4 aliphatic heterocycles. The van der Waals surface area contributed by atoms with Gasteiger partial charge in [0, 0.05) is 92.7 Å². The summed E-state index contributed by atoms with van der Waals surface area (Å²) in [7, 11) is -2.04. The minimum atomic E-state index is -3.67. The number of anilines is 7. The number of nitrogens with one attached hydrogen (secondary N) is 5. The zero-order valence-corrected chi connectivity index (χ0v) is 39.8. The molecule has 2 aromatic heterocycles. The van der Waals surface area contributed by atoms with E-state index in [-0.39, 0.29) is 46.8 Å². The third-order valence-corrected chi connectivity index (χ3v) is 14.0. The Labute approximate surface area is 399 Å². The van der Waals surface area contributed by atoms with Crippen LogP contribution in [0.3, 0.4) is 0 Å². The summed E-state index contributed by atoms with van der Waals surface area (Å²) in [6.45, 7) is 7.40. The minimum Gasteiger partial charge on any atom is -0.494 e. The summed E-state index contributed by atoms with van der Waals surface area (Å²) >= 11 is 6.57. The van der Waals surface area contributed by atoms with Gasteiger partial charge in [-0.25, -0.2) is 13.4 Å². The Hall–Kier alpha value is -6.35. The van der Waals surface area contributed by atoms with Crippen molar-refractivity contribution < 1.29 is 32.3 Å². The number of benzene rings is 3. The van der Waals surface area contributed by atoms with Crippen molar-refractivity contribution in [2.24, 2.45) is 0 Å². The highest BCUT2D eigenvalue weighted by Gasteiger charge is 2.40. The molecule has 0 spiro atoms. The molecule has 19 nitrogen and oxygen atoms in total.